The molecule has 2 heterocycles. The van der Waals surface area contributed by atoms with Gasteiger partial charge >= 0.3 is 5.63 Å². The number of imide groups is 1. The molecule has 3 rings (SSSR count). The number of benzene rings is 1. The van der Waals surface area contributed by atoms with Crippen LogP contribution in [0.4, 0.5) is 5.69 Å². The van der Waals surface area contributed by atoms with Crippen LogP contribution in [-0.2, 0) is 9.59 Å². The maximum atomic E-state index is 12.2. The molecule has 26 heavy (non-hydrogen) atoms. The van der Waals surface area contributed by atoms with Gasteiger partial charge in [-0.3, -0.25) is 19.3 Å². The van der Waals surface area contributed by atoms with Gasteiger partial charge in [0.15, 0.2) is 0 Å². The molecule has 0 spiro atoms. The summed E-state index contributed by atoms with van der Waals surface area (Å²) in [4.78, 5) is 50.1. The van der Waals surface area contributed by atoms with E-state index < -0.39 is 23.3 Å². The fraction of sp³-hybridized carbons (Fsp3) is 0.222. The Morgan fingerprint density at radius 3 is 2.46 bits per heavy atom. The molecule has 0 aliphatic carbocycles. The first-order chi connectivity index (χ1) is 12.4. The van der Waals surface area contributed by atoms with Crippen LogP contribution in [0.5, 0.6) is 0 Å². The molecule has 0 atom stereocenters. The lowest BCUT2D eigenvalue weighted by atomic mass is 10.1. The third kappa shape index (κ3) is 3.34. The number of amides is 3. The van der Waals surface area contributed by atoms with E-state index in [2.05, 4.69) is 5.32 Å². The molecule has 0 fully saturated rings. The normalized spacial score (nSPS) is 13.5. The lowest BCUT2D eigenvalue weighted by molar-refractivity contribution is -0.136. The molecule has 0 saturated heterocycles. The summed E-state index contributed by atoms with van der Waals surface area (Å²) in [6.07, 6.45) is 2.34. The summed E-state index contributed by atoms with van der Waals surface area (Å²) in [6, 6.07) is 6.79. The third-order valence-corrected chi connectivity index (χ3v) is 4.00. The van der Waals surface area contributed by atoms with E-state index in [1.165, 1.54) is 18.2 Å². The number of nitrogens with one attached hydrogen (secondary N) is 1. The number of nitrogens with zero attached hydrogens (tertiary/aromatic N) is 2. The Balaban J connectivity index is 1.73. The molecule has 1 aromatic carbocycles. The van der Waals surface area contributed by atoms with Crippen LogP contribution in [0.3, 0.4) is 0 Å². The molecule has 0 radical (unpaired) electrons. The van der Waals surface area contributed by atoms with Crippen LogP contribution in [0.1, 0.15) is 10.4 Å². The van der Waals surface area contributed by atoms with Gasteiger partial charge in [0.05, 0.1) is 0 Å². The average molecular weight is 355 g/mol. The van der Waals surface area contributed by atoms with E-state index >= 15 is 0 Å². The highest BCUT2D eigenvalue weighted by Crippen LogP contribution is 2.20. The molecule has 0 bridgehead atoms. The zero-order chi connectivity index (χ0) is 18.8. The number of fused-ring (bicyclic) bond motifs is 1. The molecule has 1 aliphatic heterocycles. The lowest BCUT2D eigenvalue weighted by Gasteiger charge is -2.14. The minimum absolute atomic E-state index is 0.0293. The summed E-state index contributed by atoms with van der Waals surface area (Å²) in [7, 11) is 3.74. The lowest BCUT2D eigenvalue weighted by Crippen LogP contribution is -2.39. The number of carbonyl (C=O) groups excluding carboxylic acids is 3. The zero-order valence-corrected chi connectivity index (χ0v) is 14.3. The summed E-state index contributed by atoms with van der Waals surface area (Å²) in [5, 5.41) is 3.14. The monoisotopic (exact) mass is 355 g/mol. The first-order valence-corrected chi connectivity index (χ1v) is 7.94. The molecule has 2 aromatic rings. The summed E-state index contributed by atoms with van der Waals surface area (Å²) in [5.41, 5.74) is 0.372. The highest BCUT2D eigenvalue weighted by atomic mass is 16.4. The topological polar surface area (TPSA) is 99.9 Å². The van der Waals surface area contributed by atoms with Crippen LogP contribution < -0.4 is 15.8 Å². The van der Waals surface area contributed by atoms with Gasteiger partial charge in [-0.2, -0.15) is 0 Å². The summed E-state index contributed by atoms with van der Waals surface area (Å²) >= 11 is 0. The molecule has 0 unspecified atom stereocenters. The Morgan fingerprint density at radius 1 is 1.12 bits per heavy atom. The van der Waals surface area contributed by atoms with E-state index in [0.717, 1.165) is 10.6 Å². The Labute approximate surface area is 148 Å². The Morgan fingerprint density at radius 2 is 1.81 bits per heavy atom. The fourth-order valence-electron chi connectivity index (χ4n) is 2.56. The van der Waals surface area contributed by atoms with Gasteiger partial charge in [-0.05, 0) is 18.2 Å². The first kappa shape index (κ1) is 17.4. The van der Waals surface area contributed by atoms with Crippen molar-refractivity contribution in [1.29, 1.82) is 0 Å². The van der Waals surface area contributed by atoms with E-state index in [-0.39, 0.29) is 18.7 Å². The van der Waals surface area contributed by atoms with Crippen molar-refractivity contribution in [2.24, 2.45) is 0 Å². The third-order valence-electron chi connectivity index (χ3n) is 4.00. The van der Waals surface area contributed by atoms with E-state index in [0.29, 0.717) is 11.0 Å². The van der Waals surface area contributed by atoms with E-state index in [4.69, 9.17) is 4.42 Å². The van der Waals surface area contributed by atoms with Crippen molar-refractivity contribution in [1.82, 2.24) is 10.2 Å². The van der Waals surface area contributed by atoms with Gasteiger partial charge in [-0.1, -0.05) is 0 Å². The number of rotatable bonds is 5. The average Bonchev–Trinajstić information content (AvgIpc) is 2.92. The standard InChI is InChI=1S/C18H17N3O5/c1-20(2)12-4-3-11-9-13(18(25)26-14(11)10-12)17(24)19-7-8-21-15(22)5-6-16(21)23/h3-6,9-10H,7-8H2,1-2H3,(H,19,24). The van der Waals surface area contributed by atoms with Crippen molar-refractivity contribution in [2.45, 2.75) is 0 Å². The molecule has 1 N–H and O–H groups in total. The summed E-state index contributed by atoms with van der Waals surface area (Å²) in [5.74, 6) is -1.47. The van der Waals surface area contributed by atoms with Crippen molar-refractivity contribution in [3.05, 3.63) is 52.4 Å². The summed E-state index contributed by atoms with van der Waals surface area (Å²) in [6.45, 7) is 0.0660. The van der Waals surface area contributed by atoms with Crippen LogP contribution in [-0.4, -0.2) is 49.8 Å². The van der Waals surface area contributed by atoms with E-state index in [1.807, 2.05) is 25.1 Å². The van der Waals surface area contributed by atoms with Crippen molar-refractivity contribution in [2.75, 3.05) is 32.1 Å². The van der Waals surface area contributed by atoms with Crippen molar-refractivity contribution >= 4 is 34.4 Å². The van der Waals surface area contributed by atoms with E-state index in [1.54, 1.807) is 12.1 Å². The second-order valence-electron chi connectivity index (χ2n) is 5.98. The number of anilines is 1. The predicted molar refractivity (Wildman–Crippen MR) is 95.0 cm³/mol. The molecule has 3 amide bonds. The molecule has 8 nitrogen and oxygen atoms in total. The van der Waals surface area contributed by atoms with Crippen LogP contribution >= 0.6 is 0 Å². The predicted octanol–water partition coefficient (Wildman–Crippen LogP) is 0.514. The van der Waals surface area contributed by atoms with Crippen LogP contribution in [0.25, 0.3) is 11.0 Å². The minimum Gasteiger partial charge on any atom is -0.422 e. The molecule has 1 aromatic heterocycles. The molecular formula is C18H17N3O5. The molecule has 0 saturated carbocycles. The quantitative estimate of drug-likeness (QED) is 0.620. The minimum atomic E-state index is -0.749. The second kappa shape index (κ2) is 6.83. The molecule has 134 valence electrons. The fourth-order valence-corrected chi connectivity index (χ4v) is 2.56. The SMILES string of the molecule is CN(C)c1ccc2cc(C(=O)NCCN3C(=O)C=CC3=O)c(=O)oc2c1. The first-order valence-electron chi connectivity index (χ1n) is 7.94. The van der Waals surface area contributed by atoms with Crippen molar-refractivity contribution in [3.8, 4) is 0 Å². The highest BCUT2D eigenvalue weighted by molar-refractivity contribution is 6.12. The Kier molecular flexibility index (Phi) is 4.57. The number of hydrogen-bond donors (Lipinski definition) is 1. The summed E-state index contributed by atoms with van der Waals surface area (Å²) < 4.78 is 5.25. The van der Waals surface area contributed by atoms with Gasteiger partial charge in [-0.15, -0.1) is 0 Å². The molecule has 1 aliphatic rings. The van der Waals surface area contributed by atoms with Crippen LogP contribution in [0.2, 0.25) is 0 Å². The second-order valence-corrected chi connectivity index (χ2v) is 5.98. The van der Waals surface area contributed by atoms with Gasteiger partial charge in [0.25, 0.3) is 17.7 Å². The largest absolute Gasteiger partial charge is 0.422 e. The highest BCUT2D eigenvalue weighted by Gasteiger charge is 2.23. The van der Waals surface area contributed by atoms with E-state index in [9.17, 15) is 19.2 Å². The maximum absolute atomic E-state index is 12.2. The van der Waals surface area contributed by atoms with Gasteiger partial charge in [-0.25, -0.2) is 4.79 Å². The van der Waals surface area contributed by atoms with Crippen LogP contribution in [0.15, 0.2) is 45.6 Å². The zero-order valence-electron chi connectivity index (χ0n) is 14.3. The number of carbonyl (C=O) groups is 3. The van der Waals surface area contributed by atoms with Crippen molar-refractivity contribution < 1.29 is 18.8 Å². The van der Waals surface area contributed by atoms with Gasteiger partial charge in [0.1, 0.15) is 11.1 Å². The van der Waals surface area contributed by atoms with Crippen molar-refractivity contribution in [3.63, 3.8) is 0 Å². The smallest absolute Gasteiger partial charge is 0.349 e. The van der Waals surface area contributed by atoms with Gasteiger partial charge in [0.2, 0.25) is 0 Å². The molecule has 8 heteroatoms. The number of hydrogen-bond acceptors (Lipinski definition) is 6. The van der Waals surface area contributed by atoms with Gasteiger partial charge < -0.3 is 14.6 Å². The van der Waals surface area contributed by atoms with Crippen LogP contribution in [0, 0.1) is 0 Å². The maximum Gasteiger partial charge on any atom is 0.349 e. The Hall–Kier alpha value is -3.42. The molecular weight excluding hydrogens is 338 g/mol. The van der Waals surface area contributed by atoms with Gasteiger partial charge in [0, 0.05) is 56.5 Å². The Bertz CT molecular complexity index is 972.